The van der Waals surface area contributed by atoms with E-state index in [4.69, 9.17) is 4.74 Å². The minimum atomic E-state index is -0.540. The number of nitrogens with zero attached hydrogens (tertiary/aromatic N) is 2. The second-order valence-corrected chi connectivity index (χ2v) is 4.24. The fraction of sp³-hybridized carbons (Fsp3) is 0.583. The molecule has 1 N–H and O–H groups in total. The van der Waals surface area contributed by atoms with E-state index in [1.807, 2.05) is 13.8 Å². The fourth-order valence-corrected chi connectivity index (χ4v) is 1.56. The molecule has 0 aromatic carbocycles. The molecule has 1 aromatic rings. The Bertz CT molecular complexity index is 414. The molecular formula is C12H19N3O3. The third kappa shape index (κ3) is 4.57. The van der Waals surface area contributed by atoms with E-state index in [-0.39, 0.29) is 18.6 Å². The lowest BCUT2D eigenvalue weighted by Crippen LogP contribution is -2.35. The van der Waals surface area contributed by atoms with Crippen LogP contribution in [0.1, 0.15) is 37.0 Å². The zero-order valence-corrected chi connectivity index (χ0v) is 11.0. The highest BCUT2D eigenvalue weighted by Crippen LogP contribution is 1.99. The minimum absolute atomic E-state index is 0.0968. The van der Waals surface area contributed by atoms with E-state index < -0.39 is 5.97 Å². The SMILES string of the molecule is CCCC(C)NC(=O)COC(=O)c1cnn(C)c1. The number of carbonyl (C=O) groups excluding carboxylic acids is 2. The lowest BCUT2D eigenvalue weighted by atomic mass is 10.2. The first-order valence-electron chi connectivity index (χ1n) is 5.98. The molecule has 0 saturated heterocycles. The summed E-state index contributed by atoms with van der Waals surface area (Å²) in [6, 6.07) is 0.0968. The summed E-state index contributed by atoms with van der Waals surface area (Å²) in [5, 5.41) is 6.61. The molecule has 100 valence electrons. The predicted molar refractivity (Wildman–Crippen MR) is 66.0 cm³/mol. The number of aryl methyl sites for hydroxylation is 1. The first-order valence-corrected chi connectivity index (χ1v) is 5.98. The fourth-order valence-electron chi connectivity index (χ4n) is 1.56. The normalized spacial score (nSPS) is 11.9. The molecule has 0 saturated carbocycles. The van der Waals surface area contributed by atoms with Crippen molar-refractivity contribution >= 4 is 11.9 Å². The van der Waals surface area contributed by atoms with Crippen molar-refractivity contribution in [1.82, 2.24) is 15.1 Å². The maximum absolute atomic E-state index is 11.5. The van der Waals surface area contributed by atoms with E-state index >= 15 is 0 Å². The Morgan fingerprint density at radius 1 is 1.56 bits per heavy atom. The Morgan fingerprint density at radius 3 is 2.83 bits per heavy atom. The maximum Gasteiger partial charge on any atom is 0.341 e. The van der Waals surface area contributed by atoms with Crippen molar-refractivity contribution in [2.45, 2.75) is 32.7 Å². The molecular weight excluding hydrogens is 234 g/mol. The summed E-state index contributed by atoms with van der Waals surface area (Å²) < 4.78 is 6.38. The molecule has 6 nitrogen and oxygen atoms in total. The topological polar surface area (TPSA) is 73.2 Å². The second-order valence-electron chi connectivity index (χ2n) is 4.24. The first kappa shape index (κ1) is 14.2. The monoisotopic (exact) mass is 253 g/mol. The van der Waals surface area contributed by atoms with Crippen LogP contribution < -0.4 is 5.32 Å². The smallest absolute Gasteiger partial charge is 0.341 e. The maximum atomic E-state index is 11.5. The summed E-state index contributed by atoms with van der Waals surface area (Å²) in [6.45, 7) is 3.71. The van der Waals surface area contributed by atoms with E-state index in [1.54, 1.807) is 13.2 Å². The van der Waals surface area contributed by atoms with E-state index in [0.29, 0.717) is 5.56 Å². The largest absolute Gasteiger partial charge is 0.452 e. The molecule has 0 aliphatic heterocycles. The van der Waals surface area contributed by atoms with Gasteiger partial charge in [-0.3, -0.25) is 9.48 Å². The molecule has 18 heavy (non-hydrogen) atoms. The Balaban J connectivity index is 2.32. The molecule has 1 unspecified atom stereocenters. The molecule has 0 bridgehead atoms. The van der Waals surface area contributed by atoms with Crippen LogP contribution in [0.25, 0.3) is 0 Å². The minimum Gasteiger partial charge on any atom is -0.452 e. The van der Waals surface area contributed by atoms with Gasteiger partial charge in [0.2, 0.25) is 0 Å². The van der Waals surface area contributed by atoms with Crippen LogP contribution in [0.15, 0.2) is 12.4 Å². The van der Waals surface area contributed by atoms with E-state index in [2.05, 4.69) is 10.4 Å². The van der Waals surface area contributed by atoms with Crippen LogP contribution in [0.4, 0.5) is 0 Å². The van der Waals surface area contributed by atoms with Crippen LogP contribution in [-0.2, 0) is 16.6 Å². The number of hydrogen-bond donors (Lipinski definition) is 1. The van der Waals surface area contributed by atoms with Gasteiger partial charge >= 0.3 is 5.97 Å². The quantitative estimate of drug-likeness (QED) is 0.764. The van der Waals surface area contributed by atoms with Crippen LogP contribution in [-0.4, -0.2) is 34.3 Å². The second kappa shape index (κ2) is 6.78. The van der Waals surface area contributed by atoms with E-state index in [0.717, 1.165) is 12.8 Å². The van der Waals surface area contributed by atoms with Crippen LogP contribution in [0.2, 0.25) is 0 Å². The van der Waals surface area contributed by atoms with Crippen LogP contribution in [0.5, 0.6) is 0 Å². The van der Waals surface area contributed by atoms with Crippen molar-refractivity contribution in [2.75, 3.05) is 6.61 Å². The van der Waals surface area contributed by atoms with Gasteiger partial charge in [-0.1, -0.05) is 13.3 Å². The Labute approximate surface area is 106 Å². The van der Waals surface area contributed by atoms with Crippen molar-refractivity contribution in [2.24, 2.45) is 7.05 Å². The van der Waals surface area contributed by atoms with E-state index in [9.17, 15) is 9.59 Å². The molecule has 1 heterocycles. The zero-order chi connectivity index (χ0) is 13.5. The van der Waals surface area contributed by atoms with Gasteiger partial charge in [0.25, 0.3) is 5.91 Å². The highest BCUT2D eigenvalue weighted by Gasteiger charge is 2.12. The van der Waals surface area contributed by atoms with Gasteiger partial charge in [0, 0.05) is 19.3 Å². The van der Waals surface area contributed by atoms with Gasteiger partial charge in [-0.15, -0.1) is 0 Å². The third-order valence-corrected chi connectivity index (χ3v) is 2.40. The molecule has 0 aliphatic carbocycles. The van der Waals surface area contributed by atoms with Crippen molar-refractivity contribution in [3.05, 3.63) is 18.0 Å². The number of ether oxygens (including phenoxy) is 1. The van der Waals surface area contributed by atoms with Gasteiger partial charge < -0.3 is 10.1 Å². The molecule has 1 rings (SSSR count). The van der Waals surface area contributed by atoms with Crippen molar-refractivity contribution in [3.63, 3.8) is 0 Å². The average Bonchev–Trinajstić information content (AvgIpc) is 2.73. The number of carbonyl (C=O) groups is 2. The van der Waals surface area contributed by atoms with Crippen molar-refractivity contribution in [3.8, 4) is 0 Å². The van der Waals surface area contributed by atoms with Crippen LogP contribution in [0, 0.1) is 0 Å². The molecule has 0 fully saturated rings. The van der Waals surface area contributed by atoms with Gasteiger partial charge in [-0.05, 0) is 13.3 Å². The molecule has 1 amide bonds. The molecule has 1 aromatic heterocycles. The summed E-state index contributed by atoms with van der Waals surface area (Å²) in [7, 11) is 1.70. The number of esters is 1. The number of rotatable bonds is 6. The van der Waals surface area contributed by atoms with Gasteiger partial charge in [0.1, 0.15) is 0 Å². The van der Waals surface area contributed by atoms with Gasteiger partial charge in [-0.2, -0.15) is 5.10 Å². The molecule has 0 aliphatic rings. The van der Waals surface area contributed by atoms with Gasteiger partial charge in [-0.25, -0.2) is 4.79 Å². The van der Waals surface area contributed by atoms with Crippen LogP contribution in [0.3, 0.4) is 0 Å². The lowest BCUT2D eigenvalue weighted by molar-refractivity contribution is -0.124. The summed E-state index contributed by atoms with van der Waals surface area (Å²) in [5.41, 5.74) is 0.340. The molecule has 0 radical (unpaired) electrons. The summed E-state index contributed by atoms with van der Waals surface area (Å²) in [6.07, 6.45) is 4.85. The molecule has 6 heteroatoms. The van der Waals surface area contributed by atoms with Crippen molar-refractivity contribution in [1.29, 1.82) is 0 Å². The molecule has 0 spiro atoms. The highest BCUT2D eigenvalue weighted by atomic mass is 16.5. The number of amides is 1. The number of hydrogen-bond acceptors (Lipinski definition) is 4. The Hall–Kier alpha value is -1.85. The van der Waals surface area contributed by atoms with Gasteiger partial charge in [0.15, 0.2) is 6.61 Å². The summed E-state index contributed by atoms with van der Waals surface area (Å²) in [5.74, 6) is -0.824. The summed E-state index contributed by atoms with van der Waals surface area (Å²) >= 11 is 0. The number of nitrogens with one attached hydrogen (secondary N) is 1. The summed E-state index contributed by atoms with van der Waals surface area (Å²) in [4.78, 5) is 23.0. The highest BCUT2D eigenvalue weighted by molar-refractivity contribution is 5.90. The van der Waals surface area contributed by atoms with Crippen molar-refractivity contribution < 1.29 is 14.3 Å². The predicted octanol–water partition coefficient (Wildman–Crippen LogP) is 0.882. The lowest BCUT2D eigenvalue weighted by Gasteiger charge is -2.12. The first-order chi connectivity index (χ1) is 8.52. The number of aromatic nitrogens is 2. The van der Waals surface area contributed by atoms with Gasteiger partial charge in [0.05, 0.1) is 11.8 Å². The van der Waals surface area contributed by atoms with E-state index in [1.165, 1.54) is 10.9 Å². The molecule has 1 atom stereocenters. The Morgan fingerprint density at radius 2 is 2.28 bits per heavy atom. The van der Waals surface area contributed by atoms with Crippen LogP contribution >= 0.6 is 0 Å². The zero-order valence-electron chi connectivity index (χ0n) is 11.0. The Kier molecular flexibility index (Phi) is 5.35. The third-order valence-electron chi connectivity index (χ3n) is 2.40. The standard InChI is InChI=1S/C12H19N3O3/c1-4-5-9(2)14-11(16)8-18-12(17)10-6-13-15(3)7-10/h6-7,9H,4-5,8H2,1-3H3,(H,14,16). The average molecular weight is 253 g/mol.